The highest BCUT2D eigenvalue weighted by Crippen LogP contribution is 2.51. The number of guanidine groups is 2. The number of carbonyl (C=O) groups is 1. The molecule has 0 aromatic carbocycles. The van der Waals surface area contributed by atoms with E-state index in [0.717, 1.165) is 0 Å². The molecule has 0 saturated carbocycles. The summed E-state index contributed by atoms with van der Waals surface area (Å²) in [5, 5.41) is 24.3. The molecule has 176 valence electrons. The van der Waals surface area contributed by atoms with Crippen molar-refractivity contribution in [1.82, 2.24) is 10.2 Å². The summed E-state index contributed by atoms with van der Waals surface area (Å²) in [6.45, 7) is -1.90. The van der Waals surface area contributed by atoms with E-state index >= 15 is 0 Å². The maximum absolute atomic E-state index is 11.4. The summed E-state index contributed by atoms with van der Waals surface area (Å²) in [5.74, 6) is -8.57. The van der Waals surface area contributed by atoms with Gasteiger partial charge in [-0.1, -0.05) is 0 Å². The van der Waals surface area contributed by atoms with Gasteiger partial charge in [-0.2, -0.15) is 16.8 Å². The zero-order valence-electron chi connectivity index (χ0n) is 15.0. The number of primary amides is 1. The fraction of sp³-hybridized carbons (Fsp3) is 0.700. The Kier molecular flexibility index (Phi) is 5.03. The standard InChI is InChI=1S/C10H17N7O12S2/c11-5-15-4-3(1-27-7(13)18)14-6(12)17-2-8(28-30(21,22)23,29-31(24,25)26)10(19,20)9(4,17)16-5/h3-4,19-20H,1-2H2,(H2,12,14)(H2,13,18)(H3,11,15,16)(H,21,22,23)(H,24,25,26). The zero-order valence-corrected chi connectivity index (χ0v) is 16.6. The Hall–Kier alpha value is -2.53. The molecule has 3 rings (SSSR count). The maximum Gasteiger partial charge on any atom is 0.404 e. The van der Waals surface area contributed by atoms with Crippen LogP contribution in [0.15, 0.2) is 9.98 Å². The van der Waals surface area contributed by atoms with Crippen LogP contribution in [-0.4, -0.2) is 102 Å². The molecule has 21 heteroatoms. The third-order valence-corrected chi connectivity index (χ3v) is 5.65. The van der Waals surface area contributed by atoms with E-state index in [9.17, 15) is 31.8 Å². The van der Waals surface area contributed by atoms with Gasteiger partial charge in [-0.15, -0.1) is 0 Å². The molecule has 3 atom stereocenters. The van der Waals surface area contributed by atoms with Crippen LogP contribution in [0.25, 0.3) is 0 Å². The van der Waals surface area contributed by atoms with E-state index in [0.29, 0.717) is 4.90 Å². The van der Waals surface area contributed by atoms with Gasteiger partial charge in [0.25, 0.3) is 11.6 Å². The van der Waals surface area contributed by atoms with Crippen LogP contribution in [0, 0.1) is 0 Å². The quantitative estimate of drug-likeness (QED) is 0.127. The lowest BCUT2D eigenvalue weighted by Gasteiger charge is -2.48. The Labute approximate surface area is 173 Å². The number of ether oxygens (including phenoxy) is 1. The normalized spacial score (nSPS) is 31.2. The number of carbonyl (C=O) groups excluding carboxylic acids is 1. The lowest BCUT2D eigenvalue weighted by atomic mass is 9.85. The molecular formula is C10H17N7O12S2. The molecule has 0 radical (unpaired) electrons. The van der Waals surface area contributed by atoms with Gasteiger partial charge in [0.05, 0.1) is 6.54 Å². The average molecular weight is 491 g/mol. The number of hydrogen-bond donors (Lipinski definition) is 8. The Morgan fingerprint density at radius 3 is 2.19 bits per heavy atom. The summed E-state index contributed by atoms with van der Waals surface area (Å²) in [7, 11) is -11.3. The number of aliphatic hydroxyl groups is 2. The molecule has 3 aliphatic rings. The van der Waals surface area contributed by atoms with E-state index in [-0.39, 0.29) is 0 Å². The first kappa shape index (κ1) is 23.1. The Balaban J connectivity index is 2.21. The van der Waals surface area contributed by atoms with Gasteiger partial charge in [-0.3, -0.25) is 9.11 Å². The first-order valence-corrected chi connectivity index (χ1v) is 10.6. The second-order valence-electron chi connectivity index (χ2n) is 6.57. The number of nitrogens with zero attached hydrogens (tertiary/aromatic N) is 3. The van der Waals surface area contributed by atoms with Crippen molar-refractivity contribution < 1.29 is 54.1 Å². The van der Waals surface area contributed by atoms with E-state index < -0.39 is 81.3 Å². The number of amides is 1. The maximum atomic E-state index is 11.4. The highest BCUT2D eigenvalue weighted by atomic mass is 32.3. The van der Waals surface area contributed by atoms with Gasteiger partial charge in [0.1, 0.15) is 18.7 Å². The van der Waals surface area contributed by atoms with E-state index in [2.05, 4.69) is 28.4 Å². The van der Waals surface area contributed by atoms with Crippen molar-refractivity contribution >= 4 is 38.8 Å². The minimum atomic E-state index is -5.66. The van der Waals surface area contributed by atoms with Crippen LogP contribution < -0.4 is 22.5 Å². The molecule has 1 fully saturated rings. The third-order valence-electron chi connectivity index (χ3n) is 4.69. The summed E-state index contributed by atoms with van der Waals surface area (Å²) in [5.41, 5.74) is 13.8. The zero-order chi connectivity index (χ0) is 23.6. The second kappa shape index (κ2) is 6.73. The lowest BCUT2D eigenvalue weighted by Crippen LogP contribution is -2.79. The summed E-state index contributed by atoms with van der Waals surface area (Å²) in [4.78, 5) is 19.4. The van der Waals surface area contributed by atoms with Crippen LogP contribution in [0.2, 0.25) is 0 Å². The van der Waals surface area contributed by atoms with Crippen molar-refractivity contribution in [1.29, 1.82) is 0 Å². The third kappa shape index (κ3) is 3.59. The molecule has 0 bridgehead atoms. The molecule has 1 saturated heterocycles. The van der Waals surface area contributed by atoms with Crippen LogP contribution in [0.1, 0.15) is 0 Å². The topological polar surface area (TPSA) is 312 Å². The molecule has 0 aliphatic carbocycles. The molecule has 3 aliphatic heterocycles. The van der Waals surface area contributed by atoms with Crippen LogP contribution in [-0.2, 0) is 33.9 Å². The van der Waals surface area contributed by atoms with Crippen molar-refractivity contribution in [3.8, 4) is 0 Å². The van der Waals surface area contributed by atoms with Gasteiger partial charge < -0.3 is 42.4 Å². The van der Waals surface area contributed by atoms with E-state index in [1.807, 2.05) is 0 Å². The van der Waals surface area contributed by atoms with Crippen LogP contribution in [0.5, 0.6) is 0 Å². The minimum Gasteiger partial charge on any atom is -0.447 e. The molecule has 1 amide bonds. The number of nitrogens with one attached hydrogen (secondary N) is 1. The van der Waals surface area contributed by atoms with Gasteiger partial charge in [0.15, 0.2) is 11.9 Å². The highest BCUT2D eigenvalue weighted by Gasteiger charge is 2.82. The van der Waals surface area contributed by atoms with Crippen molar-refractivity contribution in [3.63, 3.8) is 0 Å². The van der Waals surface area contributed by atoms with Crippen molar-refractivity contribution in [2.45, 2.75) is 29.3 Å². The Morgan fingerprint density at radius 1 is 1.16 bits per heavy atom. The summed E-state index contributed by atoms with van der Waals surface area (Å²) >= 11 is 0. The first-order valence-electron chi connectivity index (χ1n) is 7.89. The summed E-state index contributed by atoms with van der Waals surface area (Å²) in [6, 6.07) is -2.88. The molecule has 0 aromatic heterocycles. The van der Waals surface area contributed by atoms with Crippen LogP contribution in [0.4, 0.5) is 4.79 Å². The van der Waals surface area contributed by atoms with Gasteiger partial charge in [-0.25, -0.2) is 23.1 Å². The van der Waals surface area contributed by atoms with Gasteiger partial charge in [0.2, 0.25) is 5.66 Å². The van der Waals surface area contributed by atoms with Crippen molar-refractivity contribution in [3.05, 3.63) is 0 Å². The fourth-order valence-corrected chi connectivity index (χ4v) is 4.87. The smallest absolute Gasteiger partial charge is 0.404 e. The fourth-order valence-electron chi connectivity index (χ4n) is 3.74. The largest absolute Gasteiger partial charge is 0.447 e. The molecule has 1 spiro atoms. The number of aliphatic imine (C=N–C) groups is 2. The Bertz CT molecular complexity index is 1040. The first-order chi connectivity index (χ1) is 13.9. The molecule has 0 aromatic rings. The monoisotopic (exact) mass is 491 g/mol. The van der Waals surface area contributed by atoms with E-state index in [1.54, 1.807) is 0 Å². The number of hydrogen-bond acceptors (Lipinski definition) is 16. The summed E-state index contributed by atoms with van der Waals surface area (Å²) < 4.78 is 76.7. The second-order valence-corrected chi connectivity index (χ2v) is 8.61. The minimum absolute atomic E-state index is 0.494. The molecule has 19 nitrogen and oxygen atoms in total. The SMILES string of the molecule is NC(=O)OCC1N=C(N)N2CC(OS(=O)(=O)O)(OS(=O)(=O)O)C(O)(O)C23NC(N)=NC13. The lowest BCUT2D eigenvalue weighted by molar-refractivity contribution is -0.337. The van der Waals surface area contributed by atoms with Crippen LogP contribution >= 0.6 is 0 Å². The van der Waals surface area contributed by atoms with E-state index in [1.165, 1.54) is 0 Å². The molecular weight excluding hydrogens is 474 g/mol. The van der Waals surface area contributed by atoms with Gasteiger partial charge in [-0.05, 0) is 0 Å². The number of rotatable bonds is 6. The molecule has 3 unspecified atom stereocenters. The number of nitrogens with two attached hydrogens (primary N) is 3. The highest BCUT2D eigenvalue weighted by molar-refractivity contribution is 7.81. The van der Waals surface area contributed by atoms with Crippen molar-refractivity contribution in [2.75, 3.05) is 13.2 Å². The van der Waals surface area contributed by atoms with Gasteiger partial charge >= 0.3 is 26.9 Å². The Morgan fingerprint density at radius 2 is 1.71 bits per heavy atom. The van der Waals surface area contributed by atoms with Crippen molar-refractivity contribution in [2.24, 2.45) is 27.2 Å². The van der Waals surface area contributed by atoms with Gasteiger partial charge in [0, 0.05) is 0 Å². The van der Waals surface area contributed by atoms with E-state index in [4.69, 9.17) is 26.3 Å². The predicted molar refractivity (Wildman–Crippen MR) is 94.1 cm³/mol. The average Bonchev–Trinajstić information content (AvgIpc) is 2.98. The molecule has 11 N–H and O–H groups in total. The molecule has 31 heavy (non-hydrogen) atoms. The van der Waals surface area contributed by atoms with Crippen LogP contribution in [0.3, 0.4) is 0 Å². The predicted octanol–water partition coefficient (Wildman–Crippen LogP) is -5.91. The molecule has 3 heterocycles. The summed E-state index contributed by atoms with van der Waals surface area (Å²) in [6.07, 6.45) is -1.24.